The van der Waals surface area contributed by atoms with Crippen LogP contribution in [0.3, 0.4) is 0 Å². The lowest BCUT2D eigenvalue weighted by Crippen LogP contribution is -2.71. The van der Waals surface area contributed by atoms with E-state index in [0.29, 0.717) is 28.8 Å². The number of aromatic nitrogens is 1. The highest BCUT2D eigenvalue weighted by molar-refractivity contribution is 8.07. The number of benzene rings is 5. The second-order valence-electron chi connectivity index (χ2n) is 15.5. The van der Waals surface area contributed by atoms with Crippen LogP contribution in [0.4, 0.5) is 5.13 Å². The first kappa shape index (κ1) is 43.6. The number of β-lactam (4-membered cyclic amide) rings is 1. The van der Waals surface area contributed by atoms with Gasteiger partial charge in [0.05, 0.1) is 5.25 Å². The van der Waals surface area contributed by atoms with Gasteiger partial charge < -0.3 is 25.1 Å². The Morgan fingerprint density at radius 2 is 1.34 bits per heavy atom. The molecule has 0 aliphatic carbocycles. The van der Waals surface area contributed by atoms with Crippen LogP contribution in [0.1, 0.15) is 46.0 Å². The van der Waals surface area contributed by atoms with E-state index in [0.717, 1.165) is 27.8 Å². The zero-order valence-corrected chi connectivity index (χ0v) is 37.9. The zero-order chi connectivity index (χ0) is 44.9. The number of nitrogens with zero attached hydrogens (tertiary/aromatic N) is 4. The van der Waals surface area contributed by atoms with Crippen molar-refractivity contribution in [3.05, 3.63) is 201 Å². The van der Waals surface area contributed by atoms with Crippen LogP contribution >= 0.6 is 34.9 Å². The molecular formula is C50H44N6O6S3. The van der Waals surface area contributed by atoms with E-state index < -0.39 is 46.1 Å². The third-order valence-electron chi connectivity index (χ3n) is 11.6. The number of ether oxygens (including phenoxy) is 1. The molecule has 0 radical (unpaired) electrons. The van der Waals surface area contributed by atoms with Crippen LogP contribution in [0, 0.1) is 0 Å². The van der Waals surface area contributed by atoms with E-state index in [1.165, 1.54) is 46.9 Å². The van der Waals surface area contributed by atoms with Crippen molar-refractivity contribution in [2.75, 3.05) is 31.8 Å². The summed E-state index contributed by atoms with van der Waals surface area (Å²) in [5.74, 6) is -1.60. The summed E-state index contributed by atoms with van der Waals surface area (Å²) in [7, 11) is 3.09. The minimum atomic E-state index is -1.01. The molecule has 3 atom stereocenters. The maximum Gasteiger partial charge on any atom is 0.356 e. The first-order valence-corrected chi connectivity index (χ1v) is 23.8. The molecule has 12 nitrogen and oxygen atoms in total. The normalized spacial score (nSPS) is 18.6. The molecular weight excluding hydrogens is 877 g/mol. The highest BCUT2D eigenvalue weighted by atomic mass is 32.2. The summed E-state index contributed by atoms with van der Waals surface area (Å²) >= 11 is 4.00. The van der Waals surface area contributed by atoms with Crippen molar-refractivity contribution >= 4 is 69.4 Å². The molecule has 65 heavy (non-hydrogen) atoms. The summed E-state index contributed by atoms with van der Waals surface area (Å²) in [6.07, 6.45) is -0.170. The van der Waals surface area contributed by atoms with Crippen molar-refractivity contribution in [3.8, 4) is 0 Å². The molecule has 328 valence electrons. The maximum atomic E-state index is 14.6. The minimum Gasteiger partial charge on any atom is -0.448 e. The summed E-state index contributed by atoms with van der Waals surface area (Å²) in [6.45, 7) is 0.593. The van der Waals surface area contributed by atoms with E-state index in [9.17, 15) is 19.2 Å². The number of carbonyl (C=O) groups is 4. The van der Waals surface area contributed by atoms with Crippen LogP contribution in [0.15, 0.2) is 173 Å². The van der Waals surface area contributed by atoms with Gasteiger partial charge in [-0.1, -0.05) is 157 Å². The van der Waals surface area contributed by atoms with Crippen LogP contribution < -0.4 is 10.6 Å². The molecule has 2 saturated heterocycles. The number of hydrogen-bond donors (Lipinski definition) is 2. The van der Waals surface area contributed by atoms with Gasteiger partial charge in [0.15, 0.2) is 16.9 Å². The standard InChI is InChI=1S/C50H44N6O6S3/c1-55-29-28-38(45(55)58)65-39-31-63-47-41(46(59)56(47)42(39)48(60)62-43(32-18-8-3-9-19-32)33-20-10-4-11-21-33)52-44(57)40(54-61-2)37-30-64-49(51-37)53-50(34-22-12-5-13-23-34,35-24-14-6-15-25-35)36-26-16-7-17-27-36/h3-27,30,38,41,43,47H,28-29,31H2,1-2H3,(H,51,53)(H,52,57)/b54-40-/t38?,41-,47-/m1/s1. The van der Waals surface area contributed by atoms with Crippen LogP contribution in [-0.2, 0) is 34.3 Å². The third kappa shape index (κ3) is 8.66. The quantitative estimate of drug-likeness (QED) is 0.0345. The van der Waals surface area contributed by atoms with Crippen LogP contribution in [0.25, 0.3) is 0 Å². The van der Waals surface area contributed by atoms with E-state index in [1.54, 1.807) is 17.3 Å². The van der Waals surface area contributed by atoms with Gasteiger partial charge in [-0.3, -0.25) is 19.3 Å². The summed E-state index contributed by atoms with van der Waals surface area (Å²) in [5.41, 5.74) is 3.77. The van der Waals surface area contributed by atoms with Gasteiger partial charge in [0.2, 0.25) is 5.91 Å². The van der Waals surface area contributed by atoms with Gasteiger partial charge in [0.25, 0.3) is 11.8 Å². The molecule has 2 N–H and O–H groups in total. The lowest BCUT2D eigenvalue weighted by molar-refractivity contribution is -0.154. The molecule has 3 aliphatic rings. The zero-order valence-electron chi connectivity index (χ0n) is 35.4. The molecule has 5 aromatic carbocycles. The van der Waals surface area contributed by atoms with E-state index in [2.05, 4.69) is 52.2 Å². The minimum absolute atomic E-state index is 0.0369. The third-order valence-corrected chi connectivity index (χ3v) is 15.1. The lowest BCUT2D eigenvalue weighted by Gasteiger charge is -2.49. The second kappa shape index (κ2) is 19.2. The number of rotatable bonds is 15. The van der Waals surface area contributed by atoms with Gasteiger partial charge in [0.1, 0.15) is 35.5 Å². The van der Waals surface area contributed by atoms with E-state index in [1.807, 2.05) is 115 Å². The summed E-state index contributed by atoms with van der Waals surface area (Å²) in [4.78, 5) is 70.0. The molecule has 1 unspecified atom stereocenters. The molecule has 6 aromatic rings. The lowest BCUT2D eigenvalue weighted by atomic mass is 9.77. The largest absolute Gasteiger partial charge is 0.448 e. The summed E-state index contributed by atoms with van der Waals surface area (Å²) in [6, 6.07) is 48.1. The van der Waals surface area contributed by atoms with Crippen LogP contribution in [-0.4, -0.2) is 87.3 Å². The van der Waals surface area contributed by atoms with Gasteiger partial charge in [-0.2, -0.15) is 0 Å². The Morgan fingerprint density at radius 3 is 1.85 bits per heavy atom. The first-order chi connectivity index (χ1) is 31.8. The number of fused-ring (bicyclic) bond motifs is 1. The first-order valence-electron chi connectivity index (χ1n) is 21.0. The van der Waals surface area contributed by atoms with Crippen molar-refractivity contribution in [2.45, 2.75) is 34.7 Å². The fourth-order valence-corrected chi connectivity index (χ4v) is 11.9. The Bertz CT molecular complexity index is 2600. The van der Waals surface area contributed by atoms with E-state index in [-0.39, 0.29) is 23.0 Å². The molecule has 15 heteroatoms. The molecule has 4 heterocycles. The second-order valence-corrected chi connectivity index (χ2v) is 18.8. The van der Waals surface area contributed by atoms with Crippen molar-refractivity contribution in [3.63, 3.8) is 0 Å². The van der Waals surface area contributed by atoms with Crippen molar-refractivity contribution in [2.24, 2.45) is 5.16 Å². The van der Waals surface area contributed by atoms with E-state index in [4.69, 9.17) is 14.6 Å². The number of esters is 1. The highest BCUT2D eigenvalue weighted by Crippen LogP contribution is 2.47. The Morgan fingerprint density at radius 1 is 0.800 bits per heavy atom. The number of oxime groups is 1. The predicted octanol–water partition coefficient (Wildman–Crippen LogP) is 7.81. The molecule has 9 rings (SSSR count). The maximum absolute atomic E-state index is 14.6. The fourth-order valence-electron chi connectivity index (χ4n) is 8.38. The number of hydrogen-bond acceptors (Lipinski definition) is 12. The van der Waals surface area contributed by atoms with Gasteiger partial charge in [-0.15, -0.1) is 34.9 Å². The topological polar surface area (TPSA) is 143 Å². The summed E-state index contributed by atoms with van der Waals surface area (Å²) in [5, 5.41) is 11.9. The van der Waals surface area contributed by atoms with Crippen molar-refractivity contribution < 1.29 is 28.8 Å². The smallest absolute Gasteiger partial charge is 0.356 e. The average molecular weight is 921 g/mol. The number of thioether (sulfide) groups is 2. The predicted molar refractivity (Wildman–Crippen MR) is 255 cm³/mol. The number of anilines is 1. The Balaban J connectivity index is 0.987. The average Bonchev–Trinajstić information content (AvgIpc) is 3.95. The molecule has 0 bridgehead atoms. The Kier molecular flexibility index (Phi) is 12.9. The SMILES string of the molecule is CO/N=C(\C(=O)N[C@@H]1C(=O)N2C(C(=O)OC(c3ccccc3)c3ccccc3)=C(SC3CCN(C)C3=O)CS[C@H]12)c1csc(NC(c2ccccc2)(c2ccccc2)c2ccccc2)n1. The highest BCUT2D eigenvalue weighted by Gasteiger charge is 2.55. The van der Waals surface area contributed by atoms with E-state index >= 15 is 0 Å². The van der Waals surface area contributed by atoms with Crippen LogP contribution in [0.2, 0.25) is 0 Å². The van der Waals surface area contributed by atoms with Gasteiger partial charge >= 0.3 is 5.97 Å². The number of likely N-dealkylation sites (tertiary alicyclic amines) is 1. The number of amides is 3. The van der Waals surface area contributed by atoms with Crippen LogP contribution in [0.5, 0.6) is 0 Å². The molecule has 2 fully saturated rings. The molecule has 1 aromatic heterocycles. The number of thiazole rings is 1. The van der Waals surface area contributed by atoms with Crippen molar-refractivity contribution in [1.29, 1.82) is 0 Å². The molecule has 3 aliphatic heterocycles. The molecule has 3 amide bonds. The van der Waals surface area contributed by atoms with Gasteiger partial charge in [0, 0.05) is 29.6 Å². The number of nitrogens with one attached hydrogen (secondary N) is 2. The Labute approximate surface area is 389 Å². The summed E-state index contributed by atoms with van der Waals surface area (Å²) < 4.78 is 6.33. The van der Waals surface area contributed by atoms with Gasteiger partial charge in [-0.05, 0) is 34.2 Å². The molecule has 0 spiro atoms. The Hall–Kier alpha value is -6.68. The monoisotopic (exact) mass is 920 g/mol. The van der Waals surface area contributed by atoms with Crippen molar-refractivity contribution in [1.82, 2.24) is 20.1 Å². The van der Waals surface area contributed by atoms with Gasteiger partial charge in [-0.25, -0.2) is 9.78 Å². The fraction of sp³-hybridized carbons (Fsp3) is 0.200. The number of carbonyl (C=O) groups excluding carboxylic acids is 4. The molecule has 0 saturated carbocycles.